The first kappa shape index (κ1) is 14.3. The highest BCUT2D eigenvalue weighted by molar-refractivity contribution is 7.89. The van der Waals surface area contributed by atoms with Gasteiger partial charge in [0.1, 0.15) is 0 Å². The zero-order chi connectivity index (χ0) is 15.0. The van der Waals surface area contributed by atoms with Crippen LogP contribution < -0.4 is 10.4 Å². The van der Waals surface area contributed by atoms with Crippen molar-refractivity contribution in [3.63, 3.8) is 0 Å². The number of hydrogen-bond donors (Lipinski definition) is 3. The van der Waals surface area contributed by atoms with Crippen LogP contribution in [0.3, 0.4) is 0 Å². The zero-order valence-corrected chi connectivity index (χ0v) is 12.7. The molecule has 0 atom stereocenters. The molecule has 0 amide bonds. The number of sulfonamides is 1. The Hall–Kier alpha value is -1.60. The molecule has 7 heteroatoms. The second kappa shape index (κ2) is 5.31. The number of fused-ring (bicyclic) bond motifs is 1. The van der Waals surface area contributed by atoms with Gasteiger partial charge >= 0.3 is 5.69 Å². The average Bonchev–Trinajstić information content (AvgIpc) is 2.80. The van der Waals surface area contributed by atoms with E-state index in [-0.39, 0.29) is 16.6 Å². The van der Waals surface area contributed by atoms with Gasteiger partial charge in [-0.3, -0.25) is 0 Å². The van der Waals surface area contributed by atoms with E-state index in [0.29, 0.717) is 17.0 Å². The largest absolute Gasteiger partial charge is 0.323 e. The molecule has 1 aliphatic rings. The first-order valence-corrected chi connectivity index (χ1v) is 8.67. The lowest BCUT2D eigenvalue weighted by Crippen LogP contribution is -2.37. The fourth-order valence-corrected chi connectivity index (χ4v) is 4.18. The van der Waals surface area contributed by atoms with E-state index in [1.165, 1.54) is 12.1 Å². The molecule has 0 radical (unpaired) electrons. The van der Waals surface area contributed by atoms with Gasteiger partial charge < -0.3 is 9.97 Å². The van der Waals surface area contributed by atoms with E-state index < -0.39 is 10.0 Å². The third kappa shape index (κ3) is 3.03. The summed E-state index contributed by atoms with van der Waals surface area (Å²) in [4.78, 5) is 16.6. The number of benzene rings is 1. The van der Waals surface area contributed by atoms with Crippen LogP contribution in [-0.2, 0) is 10.0 Å². The van der Waals surface area contributed by atoms with Crippen LogP contribution in [0.1, 0.15) is 32.6 Å². The Bertz CT molecular complexity index is 798. The Labute approximate surface area is 123 Å². The minimum absolute atomic E-state index is 0.00664. The molecule has 114 valence electrons. The number of aromatic nitrogens is 2. The maximum Gasteiger partial charge on any atom is 0.323 e. The van der Waals surface area contributed by atoms with Crippen molar-refractivity contribution in [1.82, 2.24) is 14.7 Å². The maximum absolute atomic E-state index is 12.4. The van der Waals surface area contributed by atoms with E-state index in [1.54, 1.807) is 6.07 Å². The van der Waals surface area contributed by atoms with Gasteiger partial charge in [0.25, 0.3) is 0 Å². The highest BCUT2D eigenvalue weighted by Crippen LogP contribution is 2.25. The number of imidazole rings is 1. The van der Waals surface area contributed by atoms with E-state index >= 15 is 0 Å². The van der Waals surface area contributed by atoms with E-state index in [1.807, 2.05) is 0 Å². The minimum atomic E-state index is -3.55. The van der Waals surface area contributed by atoms with Gasteiger partial charge in [-0.1, -0.05) is 6.92 Å². The summed E-state index contributed by atoms with van der Waals surface area (Å²) in [7, 11) is -3.55. The molecule has 1 aromatic carbocycles. The lowest BCUT2D eigenvalue weighted by molar-refractivity contribution is 0.332. The van der Waals surface area contributed by atoms with E-state index in [2.05, 4.69) is 21.6 Å². The number of aromatic amines is 2. The SMILES string of the molecule is CC1CCC(NS(=O)(=O)c2ccc3[nH]c(=O)[nH]c3c2)CC1. The standard InChI is InChI=1S/C14H19N3O3S/c1-9-2-4-10(5-3-9)17-21(19,20)11-6-7-12-13(8-11)16-14(18)15-12/h6-10,17H,2-5H2,1H3,(H2,15,16,18). The Kier molecular flexibility index (Phi) is 3.62. The monoisotopic (exact) mass is 309 g/mol. The molecule has 0 spiro atoms. The van der Waals surface area contributed by atoms with Gasteiger partial charge in [0.2, 0.25) is 10.0 Å². The molecule has 3 N–H and O–H groups in total. The predicted octanol–water partition coefficient (Wildman–Crippen LogP) is 1.71. The maximum atomic E-state index is 12.4. The van der Waals surface area contributed by atoms with Crippen molar-refractivity contribution in [2.24, 2.45) is 5.92 Å². The van der Waals surface area contributed by atoms with Gasteiger partial charge in [-0.15, -0.1) is 0 Å². The van der Waals surface area contributed by atoms with Crippen molar-refractivity contribution in [2.45, 2.75) is 43.5 Å². The Morgan fingerprint density at radius 3 is 2.48 bits per heavy atom. The molecule has 21 heavy (non-hydrogen) atoms. The average molecular weight is 309 g/mol. The summed E-state index contributed by atoms with van der Waals surface area (Å²) in [6, 6.07) is 4.61. The molecule has 0 saturated heterocycles. The third-order valence-electron chi connectivity index (χ3n) is 4.14. The van der Waals surface area contributed by atoms with Crippen molar-refractivity contribution < 1.29 is 8.42 Å². The summed E-state index contributed by atoms with van der Waals surface area (Å²) in [5.41, 5.74) is 0.763. The van der Waals surface area contributed by atoms with Crippen LogP contribution in [0.5, 0.6) is 0 Å². The molecular weight excluding hydrogens is 290 g/mol. The van der Waals surface area contributed by atoms with Crippen LogP contribution in [0.15, 0.2) is 27.9 Å². The number of H-pyrrole nitrogens is 2. The molecule has 1 aromatic heterocycles. The first-order valence-electron chi connectivity index (χ1n) is 7.18. The van der Waals surface area contributed by atoms with Crippen LogP contribution in [0, 0.1) is 5.92 Å². The molecule has 6 nitrogen and oxygen atoms in total. The molecule has 0 bridgehead atoms. The summed E-state index contributed by atoms with van der Waals surface area (Å²) < 4.78 is 27.6. The molecular formula is C14H19N3O3S. The summed E-state index contributed by atoms with van der Waals surface area (Å²) in [6.07, 6.45) is 3.86. The normalized spacial score (nSPS) is 23.5. The fourth-order valence-electron chi connectivity index (χ4n) is 2.84. The quantitative estimate of drug-likeness (QED) is 0.805. The van der Waals surface area contributed by atoms with Gasteiger partial charge in [-0.2, -0.15) is 0 Å². The summed E-state index contributed by atoms with van der Waals surface area (Å²) >= 11 is 0. The van der Waals surface area contributed by atoms with Gasteiger partial charge in [0.15, 0.2) is 0 Å². The number of rotatable bonds is 3. The smallest absolute Gasteiger partial charge is 0.306 e. The number of nitrogens with one attached hydrogen (secondary N) is 3. The van der Waals surface area contributed by atoms with Crippen LogP contribution in [0.25, 0.3) is 11.0 Å². The molecule has 1 heterocycles. The summed E-state index contributed by atoms with van der Waals surface area (Å²) in [5.74, 6) is 0.673. The highest BCUT2D eigenvalue weighted by Gasteiger charge is 2.24. The van der Waals surface area contributed by atoms with Gasteiger partial charge in [-0.25, -0.2) is 17.9 Å². The molecule has 3 rings (SSSR count). The Morgan fingerprint density at radius 2 is 1.76 bits per heavy atom. The molecule has 0 aliphatic heterocycles. The van der Waals surface area contributed by atoms with Gasteiger partial charge in [0.05, 0.1) is 15.9 Å². The second-order valence-corrected chi connectivity index (χ2v) is 7.58. The van der Waals surface area contributed by atoms with E-state index in [9.17, 15) is 13.2 Å². The minimum Gasteiger partial charge on any atom is -0.306 e. The van der Waals surface area contributed by atoms with Crippen molar-refractivity contribution in [2.75, 3.05) is 0 Å². The molecule has 1 saturated carbocycles. The molecule has 2 aromatic rings. The molecule has 1 aliphatic carbocycles. The molecule has 1 fully saturated rings. The predicted molar refractivity (Wildman–Crippen MR) is 80.7 cm³/mol. The van der Waals surface area contributed by atoms with Crippen LogP contribution >= 0.6 is 0 Å². The Balaban J connectivity index is 1.84. The van der Waals surface area contributed by atoms with Crippen molar-refractivity contribution >= 4 is 21.1 Å². The van der Waals surface area contributed by atoms with Crippen LogP contribution in [0.2, 0.25) is 0 Å². The van der Waals surface area contributed by atoms with E-state index in [0.717, 1.165) is 25.7 Å². The van der Waals surface area contributed by atoms with Crippen molar-refractivity contribution in [1.29, 1.82) is 0 Å². The molecule has 0 unspecified atom stereocenters. The summed E-state index contributed by atoms with van der Waals surface area (Å²) in [6.45, 7) is 2.20. The second-order valence-electron chi connectivity index (χ2n) is 5.86. The highest BCUT2D eigenvalue weighted by atomic mass is 32.2. The number of hydrogen-bond acceptors (Lipinski definition) is 3. The van der Waals surface area contributed by atoms with Gasteiger partial charge in [-0.05, 0) is 49.8 Å². The van der Waals surface area contributed by atoms with Crippen molar-refractivity contribution in [3.05, 3.63) is 28.7 Å². The first-order chi connectivity index (χ1) is 9.94. The van der Waals surface area contributed by atoms with E-state index in [4.69, 9.17) is 0 Å². The van der Waals surface area contributed by atoms with Gasteiger partial charge in [0, 0.05) is 6.04 Å². The fraction of sp³-hybridized carbons (Fsp3) is 0.500. The van der Waals surface area contributed by atoms with Crippen LogP contribution in [0.4, 0.5) is 0 Å². The lowest BCUT2D eigenvalue weighted by atomic mass is 9.88. The third-order valence-corrected chi connectivity index (χ3v) is 5.65. The Morgan fingerprint density at radius 1 is 1.10 bits per heavy atom. The topological polar surface area (TPSA) is 94.8 Å². The summed E-state index contributed by atoms with van der Waals surface area (Å²) in [5, 5.41) is 0. The zero-order valence-electron chi connectivity index (χ0n) is 11.8. The van der Waals surface area contributed by atoms with Crippen LogP contribution in [-0.4, -0.2) is 24.4 Å². The van der Waals surface area contributed by atoms with Crippen molar-refractivity contribution in [3.8, 4) is 0 Å². The lowest BCUT2D eigenvalue weighted by Gasteiger charge is -2.26.